The number of hydrogen-bond acceptors (Lipinski definition) is 2. The van der Waals surface area contributed by atoms with Crippen LogP contribution in [0.5, 0.6) is 0 Å². The first-order valence-corrected chi connectivity index (χ1v) is 5.11. The number of carbonyl (C=O) groups is 1. The van der Waals surface area contributed by atoms with Crippen molar-refractivity contribution in [1.29, 1.82) is 0 Å². The van der Waals surface area contributed by atoms with Gasteiger partial charge in [0.2, 0.25) is 0 Å². The summed E-state index contributed by atoms with van der Waals surface area (Å²) in [6.07, 6.45) is 0. The van der Waals surface area contributed by atoms with Crippen LogP contribution in [0.4, 0.5) is 4.39 Å². The summed E-state index contributed by atoms with van der Waals surface area (Å²) in [4.78, 5) is 10.5. The molecule has 1 rings (SSSR count). The van der Waals surface area contributed by atoms with E-state index in [1.54, 1.807) is 0 Å². The van der Waals surface area contributed by atoms with Gasteiger partial charge in [0.25, 0.3) is 0 Å². The number of benzene rings is 1. The molecule has 1 N–H and O–H groups in total. The maximum Gasteiger partial charge on any atom is 0.338 e. The Kier molecular flexibility index (Phi) is 3.13. The standard InChI is InChI=1S/C7H4ClFO3S/c8-13(12)4-1-2-6(9)5(3-4)7(10)11/h1-3H,(H,10,11). The highest BCUT2D eigenvalue weighted by atomic mass is 35.7. The summed E-state index contributed by atoms with van der Waals surface area (Å²) in [7, 11) is 3.37. The lowest BCUT2D eigenvalue weighted by Gasteiger charge is -2.01. The second-order valence-electron chi connectivity index (χ2n) is 2.17. The van der Waals surface area contributed by atoms with Gasteiger partial charge in [0, 0.05) is 6.07 Å². The van der Waals surface area contributed by atoms with Gasteiger partial charge in [-0.05, 0) is 12.1 Å². The molecule has 0 aliphatic rings. The molecule has 0 aliphatic carbocycles. The molecule has 1 aromatic carbocycles. The molecule has 0 aromatic heterocycles. The molecule has 0 bridgehead atoms. The molecule has 70 valence electrons. The van der Waals surface area contributed by atoms with Crippen molar-refractivity contribution in [2.24, 2.45) is 0 Å². The van der Waals surface area contributed by atoms with Crippen molar-refractivity contribution in [2.45, 2.75) is 4.90 Å². The second-order valence-corrected chi connectivity index (χ2v) is 3.93. The molecule has 1 unspecified atom stereocenters. The number of rotatable bonds is 2. The van der Waals surface area contributed by atoms with Gasteiger partial charge < -0.3 is 9.66 Å². The zero-order chi connectivity index (χ0) is 10.0. The molecule has 13 heavy (non-hydrogen) atoms. The van der Waals surface area contributed by atoms with E-state index in [9.17, 15) is 13.7 Å². The highest BCUT2D eigenvalue weighted by Crippen LogP contribution is 2.18. The Balaban J connectivity index is 3.19. The van der Waals surface area contributed by atoms with Crippen LogP contribution in [0.3, 0.4) is 0 Å². The summed E-state index contributed by atoms with van der Waals surface area (Å²) in [5.74, 6) is -2.29. The average Bonchev–Trinajstić information content (AvgIpc) is 2.04. The first-order chi connectivity index (χ1) is 6.02. The van der Waals surface area contributed by atoms with Gasteiger partial charge in [0.15, 0.2) is 15.6 Å². The Bertz CT molecular complexity index is 343. The maximum atomic E-state index is 12.8. The predicted molar refractivity (Wildman–Crippen MR) is 45.6 cm³/mol. The van der Waals surface area contributed by atoms with E-state index in [0.717, 1.165) is 12.1 Å². The fourth-order valence-corrected chi connectivity index (χ4v) is 1.44. The highest BCUT2D eigenvalue weighted by molar-refractivity contribution is 8.13. The molecule has 0 aliphatic heterocycles. The van der Waals surface area contributed by atoms with Gasteiger partial charge in [-0.15, -0.1) is 0 Å². The minimum absolute atomic E-state index is 0.0699. The van der Waals surface area contributed by atoms with Crippen LogP contribution in [0.2, 0.25) is 0 Å². The van der Waals surface area contributed by atoms with Gasteiger partial charge in [0.05, 0.1) is 0 Å². The molecule has 0 spiro atoms. The van der Waals surface area contributed by atoms with Gasteiger partial charge in [-0.1, -0.05) is 0 Å². The third-order valence-electron chi connectivity index (χ3n) is 1.35. The Morgan fingerprint density at radius 1 is 1.62 bits per heavy atom. The van der Waals surface area contributed by atoms with Crippen molar-refractivity contribution in [2.75, 3.05) is 0 Å². The summed E-state index contributed by atoms with van der Waals surface area (Å²) >= 11 is 0. The van der Waals surface area contributed by atoms with Crippen LogP contribution in [-0.2, 0) is 10.4 Å². The van der Waals surface area contributed by atoms with E-state index >= 15 is 0 Å². The quantitative estimate of drug-likeness (QED) is 0.776. The second kappa shape index (κ2) is 3.95. The monoisotopic (exact) mass is 222 g/mol. The van der Waals surface area contributed by atoms with E-state index < -0.39 is 27.7 Å². The van der Waals surface area contributed by atoms with E-state index in [-0.39, 0.29) is 4.90 Å². The topological polar surface area (TPSA) is 60.4 Å². The number of hydrogen-bond donors (Lipinski definition) is 1. The van der Waals surface area contributed by atoms with Crippen LogP contribution in [0.1, 0.15) is 10.4 Å². The molecule has 3 nitrogen and oxygen atoms in total. The predicted octanol–water partition coefficient (Wildman–Crippen LogP) is 1.79. The lowest BCUT2D eigenvalue weighted by molar-refractivity contribution is 0.0691. The molecular weight excluding hydrogens is 219 g/mol. The van der Waals surface area contributed by atoms with Gasteiger partial charge in [-0.3, -0.25) is 0 Å². The Morgan fingerprint density at radius 3 is 2.69 bits per heavy atom. The SMILES string of the molecule is O=C(O)c1cc([S+]([O-])Cl)ccc1F. The third kappa shape index (κ3) is 2.33. The molecule has 0 amide bonds. The summed E-state index contributed by atoms with van der Waals surface area (Å²) in [6, 6.07) is 3.03. The van der Waals surface area contributed by atoms with Crippen LogP contribution in [-0.4, -0.2) is 15.6 Å². The molecule has 0 heterocycles. The fourth-order valence-electron chi connectivity index (χ4n) is 0.768. The fraction of sp³-hybridized carbons (Fsp3) is 0. The van der Waals surface area contributed by atoms with Crippen molar-refractivity contribution in [3.05, 3.63) is 29.6 Å². The minimum Gasteiger partial charge on any atom is -0.594 e. The van der Waals surface area contributed by atoms with Crippen LogP contribution in [0, 0.1) is 5.82 Å². The molecule has 6 heteroatoms. The van der Waals surface area contributed by atoms with Crippen molar-refractivity contribution in [3.8, 4) is 0 Å². The van der Waals surface area contributed by atoms with Crippen molar-refractivity contribution < 1.29 is 18.8 Å². The van der Waals surface area contributed by atoms with Crippen LogP contribution in [0.15, 0.2) is 23.1 Å². The number of aromatic carboxylic acids is 1. The molecule has 1 aromatic rings. The first kappa shape index (κ1) is 10.3. The van der Waals surface area contributed by atoms with Crippen LogP contribution in [0.25, 0.3) is 0 Å². The highest BCUT2D eigenvalue weighted by Gasteiger charge is 2.16. The first-order valence-electron chi connectivity index (χ1n) is 3.13. The lowest BCUT2D eigenvalue weighted by atomic mass is 10.2. The summed E-state index contributed by atoms with van der Waals surface area (Å²) in [5.41, 5.74) is -0.536. The van der Waals surface area contributed by atoms with E-state index in [0.29, 0.717) is 0 Å². The van der Waals surface area contributed by atoms with Gasteiger partial charge >= 0.3 is 5.97 Å². The third-order valence-corrected chi connectivity index (χ3v) is 2.51. The largest absolute Gasteiger partial charge is 0.594 e. The Labute approximate surface area is 80.8 Å². The minimum atomic E-state index is -1.82. The van der Waals surface area contributed by atoms with Gasteiger partial charge in [-0.25, -0.2) is 9.18 Å². The zero-order valence-corrected chi connectivity index (χ0v) is 7.73. The molecule has 0 radical (unpaired) electrons. The number of carboxylic acids is 1. The average molecular weight is 223 g/mol. The maximum absolute atomic E-state index is 12.8. The van der Waals surface area contributed by atoms with Gasteiger partial charge in [-0.2, -0.15) is 0 Å². The summed E-state index contributed by atoms with van der Waals surface area (Å²) < 4.78 is 23.5. The molecule has 0 saturated carbocycles. The lowest BCUT2D eigenvalue weighted by Crippen LogP contribution is -2.02. The smallest absolute Gasteiger partial charge is 0.338 e. The molecule has 0 fully saturated rings. The summed E-state index contributed by atoms with van der Waals surface area (Å²) in [6.45, 7) is 0. The van der Waals surface area contributed by atoms with Crippen molar-refractivity contribution in [1.82, 2.24) is 0 Å². The molecule has 0 saturated heterocycles. The van der Waals surface area contributed by atoms with Crippen molar-refractivity contribution in [3.63, 3.8) is 0 Å². The van der Waals surface area contributed by atoms with Crippen molar-refractivity contribution >= 4 is 27.0 Å². The zero-order valence-electron chi connectivity index (χ0n) is 6.16. The van der Waals surface area contributed by atoms with E-state index in [4.69, 9.17) is 15.8 Å². The van der Waals surface area contributed by atoms with E-state index in [1.807, 2.05) is 0 Å². The van der Waals surface area contributed by atoms with E-state index in [2.05, 4.69) is 0 Å². The van der Waals surface area contributed by atoms with Gasteiger partial charge in [0.1, 0.15) is 21.8 Å². The number of carboxylic acid groups (broad SMARTS) is 1. The van der Waals surface area contributed by atoms with Crippen LogP contribution >= 0.6 is 10.7 Å². The number of halogens is 2. The van der Waals surface area contributed by atoms with E-state index in [1.165, 1.54) is 6.07 Å². The molecular formula is C7H4ClFO3S. The Hall–Kier alpha value is -0.780. The summed E-state index contributed by atoms with van der Waals surface area (Å²) in [5, 5.41) is 8.49. The Morgan fingerprint density at radius 2 is 2.23 bits per heavy atom. The normalized spacial score (nSPS) is 12.5. The van der Waals surface area contributed by atoms with Crippen LogP contribution < -0.4 is 0 Å². The molecule has 1 atom stereocenters.